The van der Waals surface area contributed by atoms with Gasteiger partial charge in [0.2, 0.25) is 5.82 Å². The number of nitrogens with one attached hydrogen (secondary N) is 2. The highest BCUT2D eigenvalue weighted by atomic mass is 16.2. The van der Waals surface area contributed by atoms with Crippen LogP contribution in [0.5, 0.6) is 0 Å². The van der Waals surface area contributed by atoms with Gasteiger partial charge in [0, 0.05) is 25.1 Å². The Balaban J connectivity index is 1.57. The number of benzene rings is 2. The zero-order chi connectivity index (χ0) is 27.0. The second-order valence-corrected chi connectivity index (χ2v) is 11.3. The maximum atomic E-state index is 13.5. The molecule has 5 aromatic rings. The van der Waals surface area contributed by atoms with Crippen molar-refractivity contribution in [3.8, 4) is 22.5 Å². The lowest BCUT2D eigenvalue weighted by molar-refractivity contribution is 0.394. The molecule has 0 aliphatic carbocycles. The fourth-order valence-corrected chi connectivity index (χ4v) is 4.68. The number of nitrogens with zero attached hydrogens (tertiary/aromatic N) is 6. The third kappa shape index (κ3) is 5.06. The summed E-state index contributed by atoms with van der Waals surface area (Å²) in [6.07, 6.45) is 0.656. The normalized spacial score (nSPS) is 12.1. The largest absolute Gasteiger partial charge is 0.330 e. The quantitative estimate of drug-likeness (QED) is 0.339. The molecule has 3 aromatic heterocycles. The van der Waals surface area contributed by atoms with Gasteiger partial charge in [-0.25, -0.2) is 9.78 Å². The van der Waals surface area contributed by atoms with Gasteiger partial charge in [-0.15, -0.1) is 10.2 Å². The molecule has 196 valence electrons. The molecule has 0 amide bonds. The van der Waals surface area contributed by atoms with E-state index in [1.165, 1.54) is 4.57 Å². The second-order valence-electron chi connectivity index (χ2n) is 11.3. The van der Waals surface area contributed by atoms with E-state index in [2.05, 4.69) is 58.5 Å². The maximum Gasteiger partial charge on any atom is 0.330 e. The predicted octanol–water partition coefficient (Wildman–Crippen LogP) is 4.03. The van der Waals surface area contributed by atoms with E-state index >= 15 is 0 Å². The number of hydrogen-bond acceptors (Lipinski definition) is 6. The zero-order valence-electron chi connectivity index (χ0n) is 22.3. The van der Waals surface area contributed by atoms with Gasteiger partial charge in [-0.3, -0.25) is 14.3 Å². The van der Waals surface area contributed by atoms with E-state index in [-0.39, 0.29) is 16.9 Å². The Morgan fingerprint density at radius 1 is 0.947 bits per heavy atom. The van der Waals surface area contributed by atoms with Gasteiger partial charge in [0.1, 0.15) is 5.82 Å². The molecule has 0 bridgehead atoms. The first-order valence-corrected chi connectivity index (χ1v) is 12.7. The smallest absolute Gasteiger partial charge is 0.318 e. The maximum absolute atomic E-state index is 13.5. The molecule has 5 rings (SSSR count). The molecule has 0 aliphatic rings. The standard InChI is InChI=1S/C28H32N8O2/c1-17(2)15-36-26(37)23-25(30-27(36)38)29-22(14-28(3,4)5)35(23)16-18-10-12-19(13-11-18)20-8-6-7-9-21(20)24-31-33-34-32-24/h6-13,17H,14-16H2,1-5H3,(H,30,38)(H,31,32,33,34). The van der Waals surface area contributed by atoms with Crippen molar-refractivity contribution < 1.29 is 0 Å². The van der Waals surface area contributed by atoms with E-state index in [0.29, 0.717) is 36.5 Å². The molecule has 38 heavy (non-hydrogen) atoms. The number of aromatic amines is 2. The monoisotopic (exact) mass is 512 g/mol. The number of rotatable bonds is 7. The highest BCUT2D eigenvalue weighted by Gasteiger charge is 2.22. The number of fused-ring (bicyclic) bond motifs is 1. The minimum Gasteiger partial charge on any atom is -0.318 e. The van der Waals surface area contributed by atoms with Gasteiger partial charge in [0.25, 0.3) is 5.56 Å². The van der Waals surface area contributed by atoms with Crippen LogP contribution in [0.2, 0.25) is 0 Å². The van der Waals surface area contributed by atoms with Crippen molar-refractivity contribution in [2.24, 2.45) is 11.3 Å². The molecule has 10 heteroatoms. The van der Waals surface area contributed by atoms with Gasteiger partial charge >= 0.3 is 5.69 Å². The summed E-state index contributed by atoms with van der Waals surface area (Å²) >= 11 is 0. The molecule has 0 fully saturated rings. The van der Waals surface area contributed by atoms with Crippen LogP contribution < -0.4 is 11.2 Å². The third-order valence-electron chi connectivity index (χ3n) is 6.32. The summed E-state index contributed by atoms with van der Waals surface area (Å²) in [4.78, 5) is 33.8. The summed E-state index contributed by atoms with van der Waals surface area (Å²) < 4.78 is 3.24. The Hall–Kier alpha value is -4.34. The first-order valence-electron chi connectivity index (χ1n) is 12.7. The Bertz CT molecular complexity index is 1680. The first kappa shape index (κ1) is 25.3. The summed E-state index contributed by atoms with van der Waals surface area (Å²) in [5.41, 5.74) is 3.89. The zero-order valence-corrected chi connectivity index (χ0v) is 22.3. The molecule has 0 aliphatic heterocycles. The Kier molecular flexibility index (Phi) is 6.56. The van der Waals surface area contributed by atoms with Gasteiger partial charge < -0.3 is 4.57 Å². The highest BCUT2D eigenvalue weighted by molar-refractivity contribution is 5.80. The van der Waals surface area contributed by atoms with E-state index < -0.39 is 5.69 Å². The van der Waals surface area contributed by atoms with Crippen molar-refractivity contribution in [3.05, 3.63) is 80.8 Å². The van der Waals surface area contributed by atoms with Crippen LogP contribution in [0.4, 0.5) is 0 Å². The summed E-state index contributed by atoms with van der Waals surface area (Å²) in [6.45, 7) is 11.2. The minimum atomic E-state index is -0.423. The molecule has 0 spiro atoms. The van der Waals surface area contributed by atoms with Crippen LogP contribution >= 0.6 is 0 Å². The summed E-state index contributed by atoms with van der Waals surface area (Å²) in [6, 6.07) is 16.1. The molecule has 2 N–H and O–H groups in total. The molecule has 2 aromatic carbocycles. The number of H-pyrrole nitrogens is 2. The molecule has 0 radical (unpaired) electrons. The van der Waals surface area contributed by atoms with Crippen LogP contribution in [0.15, 0.2) is 58.1 Å². The van der Waals surface area contributed by atoms with Crippen molar-refractivity contribution in [1.29, 1.82) is 0 Å². The number of imidazole rings is 1. The Morgan fingerprint density at radius 2 is 1.66 bits per heavy atom. The van der Waals surface area contributed by atoms with E-state index in [0.717, 1.165) is 28.1 Å². The third-order valence-corrected chi connectivity index (χ3v) is 6.32. The summed E-state index contributed by atoms with van der Waals surface area (Å²) in [5.74, 6) is 1.46. The van der Waals surface area contributed by atoms with Gasteiger partial charge in [0.15, 0.2) is 11.2 Å². The van der Waals surface area contributed by atoms with Crippen molar-refractivity contribution >= 4 is 11.2 Å². The number of hydrogen-bond donors (Lipinski definition) is 2. The van der Waals surface area contributed by atoms with Gasteiger partial charge in [0.05, 0.1) is 0 Å². The lowest BCUT2D eigenvalue weighted by atomic mass is 9.92. The van der Waals surface area contributed by atoms with Gasteiger partial charge in [-0.05, 0) is 33.2 Å². The van der Waals surface area contributed by atoms with Gasteiger partial charge in [-0.1, -0.05) is 83.1 Å². The molecular weight excluding hydrogens is 480 g/mol. The van der Waals surface area contributed by atoms with E-state index in [9.17, 15) is 9.59 Å². The van der Waals surface area contributed by atoms with E-state index in [1.54, 1.807) is 0 Å². The average Bonchev–Trinajstić information content (AvgIpc) is 3.50. The fraction of sp³-hybridized carbons (Fsp3) is 0.357. The average molecular weight is 513 g/mol. The van der Waals surface area contributed by atoms with Crippen LogP contribution in [0.1, 0.15) is 46.0 Å². The molecule has 0 unspecified atom stereocenters. The van der Waals surface area contributed by atoms with Crippen molar-refractivity contribution in [1.82, 2.24) is 39.7 Å². The minimum absolute atomic E-state index is 0.0565. The Labute approximate surface area is 219 Å². The second kappa shape index (κ2) is 9.85. The van der Waals surface area contributed by atoms with Gasteiger partial charge in [-0.2, -0.15) is 5.21 Å². The van der Waals surface area contributed by atoms with E-state index in [4.69, 9.17) is 4.98 Å². The van der Waals surface area contributed by atoms with Crippen molar-refractivity contribution in [2.75, 3.05) is 0 Å². The van der Waals surface area contributed by atoms with Crippen LogP contribution in [-0.2, 0) is 19.5 Å². The van der Waals surface area contributed by atoms with Crippen molar-refractivity contribution in [3.63, 3.8) is 0 Å². The molecule has 3 heterocycles. The molecule has 10 nitrogen and oxygen atoms in total. The Morgan fingerprint density at radius 3 is 2.29 bits per heavy atom. The van der Waals surface area contributed by atoms with Crippen LogP contribution in [0.3, 0.4) is 0 Å². The topological polar surface area (TPSA) is 127 Å². The van der Waals surface area contributed by atoms with Crippen LogP contribution in [0.25, 0.3) is 33.7 Å². The predicted molar refractivity (Wildman–Crippen MR) is 147 cm³/mol. The molecule has 0 saturated carbocycles. The molecular formula is C28H32N8O2. The van der Waals surface area contributed by atoms with Crippen LogP contribution in [-0.4, -0.2) is 39.7 Å². The number of aromatic nitrogens is 8. The molecule has 0 atom stereocenters. The lowest BCUT2D eigenvalue weighted by Crippen LogP contribution is -2.37. The van der Waals surface area contributed by atoms with E-state index in [1.807, 2.05) is 54.8 Å². The number of tetrazole rings is 1. The lowest BCUT2D eigenvalue weighted by Gasteiger charge is -2.19. The molecule has 0 saturated heterocycles. The summed E-state index contributed by atoms with van der Waals surface area (Å²) in [7, 11) is 0. The van der Waals surface area contributed by atoms with Crippen LogP contribution in [0, 0.1) is 11.3 Å². The summed E-state index contributed by atoms with van der Waals surface area (Å²) in [5, 5.41) is 14.5. The first-order chi connectivity index (χ1) is 18.1. The SMILES string of the molecule is CC(C)Cn1c(=O)[nH]c2nc(CC(C)(C)C)n(Cc3ccc(-c4ccccc4-c4nn[nH]n4)cc3)c2c1=O. The van der Waals surface area contributed by atoms with Crippen molar-refractivity contribution in [2.45, 2.75) is 54.1 Å². The fourth-order valence-electron chi connectivity index (χ4n) is 4.68. The highest BCUT2D eigenvalue weighted by Crippen LogP contribution is 2.30.